The van der Waals surface area contributed by atoms with Gasteiger partial charge >= 0.3 is 5.63 Å². The van der Waals surface area contributed by atoms with Crippen LogP contribution in [0.5, 0.6) is 0 Å². The molecule has 0 aliphatic rings. The second-order valence-electron chi connectivity index (χ2n) is 3.31. The van der Waals surface area contributed by atoms with Crippen molar-refractivity contribution in [1.82, 2.24) is 5.48 Å². The number of hydroxylamine groups is 1. The lowest BCUT2D eigenvalue weighted by molar-refractivity contribution is -0.128. The molecule has 2 rings (SSSR count). The van der Waals surface area contributed by atoms with Crippen molar-refractivity contribution in [2.24, 2.45) is 0 Å². The maximum atomic E-state index is 11.5. The van der Waals surface area contributed by atoms with Gasteiger partial charge in [0.25, 0.3) is 0 Å². The van der Waals surface area contributed by atoms with Crippen molar-refractivity contribution in [1.29, 1.82) is 0 Å². The van der Waals surface area contributed by atoms with Crippen molar-refractivity contribution in [3.63, 3.8) is 0 Å². The summed E-state index contributed by atoms with van der Waals surface area (Å²) < 4.78 is 5.02. The Bertz CT molecular complexity index is 588. The van der Waals surface area contributed by atoms with Crippen LogP contribution in [0.25, 0.3) is 11.0 Å². The lowest BCUT2D eigenvalue weighted by Gasteiger charge is -2.00. The second-order valence-corrected chi connectivity index (χ2v) is 3.31. The molecule has 1 aromatic heterocycles. The van der Waals surface area contributed by atoms with Crippen LogP contribution < -0.4 is 11.1 Å². The number of benzene rings is 1. The maximum absolute atomic E-state index is 11.5. The van der Waals surface area contributed by atoms with Gasteiger partial charge in [0.2, 0.25) is 5.91 Å². The fourth-order valence-electron chi connectivity index (χ4n) is 1.44. The number of rotatable bonds is 2. The molecule has 0 aliphatic carbocycles. The molecule has 16 heavy (non-hydrogen) atoms. The van der Waals surface area contributed by atoms with Crippen LogP contribution in [-0.2, 0) is 11.2 Å². The van der Waals surface area contributed by atoms with E-state index in [0.29, 0.717) is 5.58 Å². The third kappa shape index (κ3) is 1.94. The summed E-state index contributed by atoms with van der Waals surface area (Å²) in [6.07, 6.45) is -0.205. The van der Waals surface area contributed by atoms with Crippen molar-refractivity contribution >= 4 is 16.9 Å². The van der Waals surface area contributed by atoms with Gasteiger partial charge in [-0.15, -0.1) is 0 Å². The molecule has 1 heterocycles. The lowest BCUT2D eigenvalue weighted by Crippen LogP contribution is -2.23. The zero-order valence-corrected chi connectivity index (χ0v) is 8.27. The van der Waals surface area contributed by atoms with Crippen LogP contribution in [-0.4, -0.2) is 11.1 Å². The van der Waals surface area contributed by atoms with Crippen molar-refractivity contribution in [2.75, 3.05) is 0 Å². The van der Waals surface area contributed by atoms with Crippen LogP contribution in [0.1, 0.15) is 5.56 Å². The summed E-state index contributed by atoms with van der Waals surface area (Å²) in [6.45, 7) is 0. The van der Waals surface area contributed by atoms with E-state index in [9.17, 15) is 9.59 Å². The SMILES string of the molecule is O=C(Cc1cc2ccccc2oc1=O)NO. The van der Waals surface area contributed by atoms with E-state index in [1.807, 2.05) is 0 Å². The molecule has 0 atom stereocenters. The molecule has 0 saturated heterocycles. The first-order chi connectivity index (χ1) is 7.70. The molecule has 1 amide bonds. The first-order valence-electron chi connectivity index (χ1n) is 4.65. The summed E-state index contributed by atoms with van der Waals surface area (Å²) in [5.74, 6) is -0.650. The number of hydrogen-bond donors (Lipinski definition) is 2. The molecule has 82 valence electrons. The summed E-state index contributed by atoms with van der Waals surface area (Å²) in [7, 11) is 0. The predicted molar refractivity (Wildman–Crippen MR) is 56.1 cm³/mol. The van der Waals surface area contributed by atoms with E-state index in [4.69, 9.17) is 9.62 Å². The Morgan fingerprint density at radius 1 is 1.38 bits per heavy atom. The lowest BCUT2D eigenvalue weighted by atomic mass is 10.1. The Labute approximate surface area is 90.3 Å². The molecule has 1 aromatic carbocycles. The van der Waals surface area contributed by atoms with Crippen LogP contribution in [0.15, 0.2) is 39.5 Å². The molecule has 0 aliphatic heterocycles. The monoisotopic (exact) mass is 219 g/mol. The largest absolute Gasteiger partial charge is 0.423 e. The molecule has 0 saturated carbocycles. The summed E-state index contributed by atoms with van der Waals surface area (Å²) in [6, 6.07) is 8.59. The zero-order valence-electron chi connectivity index (χ0n) is 8.27. The highest BCUT2D eigenvalue weighted by Gasteiger charge is 2.08. The molecular weight excluding hydrogens is 210 g/mol. The highest BCUT2D eigenvalue weighted by Crippen LogP contribution is 2.12. The summed E-state index contributed by atoms with van der Waals surface area (Å²) in [5, 5.41) is 9.11. The Morgan fingerprint density at radius 2 is 2.12 bits per heavy atom. The van der Waals surface area contributed by atoms with E-state index in [1.54, 1.807) is 30.3 Å². The molecular formula is C11H9NO4. The summed E-state index contributed by atoms with van der Waals surface area (Å²) in [4.78, 5) is 22.4. The molecule has 2 N–H and O–H groups in total. The highest BCUT2D eigenvalue weighted by atomic mass is 16.5. The van der Waals surface area contributed by atoms with Crippen LogP contribution in [0.2, 0.25) is 0 Å². The quantitative estimate of drug-likeness (QED) is 0.445. The van der Waals surface area contributed by atoms with Crippen molar-refractivity contribution in [3.8, 4) is 0 Å². The van der Waals surface area contributed by atoms with Crippen molar-refractivity contribution in [3.05, 3.63) is 46.3 Å². The smallest absolute Gasteiger partial charge is 0.339 e. The topological polar surface area (TPSA) is 79.5 Å². The van der Waals surface area contributed by atoms with E-state index >= 15 is 0 Å². The van der Waals surface area contributed by atoms with E-state index in [-0.39, 0.29) is 12.0 Å². The first kappa shape index (κ1) is 10.4. The molecule has 5 heteroatoms. The van der Waals surface area contributed by atoms with Gasteiger partial charge in [-0.05, 0) is 12.1 Å². The van der Waals surface area contributed by atoms with E-state index in [2.05, 4.69) is 0 Å². The number of para-hydroxylation sites is 1. The average Bonchev–Trinajstić information content (AvgIpc) is 2.30. The second kappa shape index (κ2) is 4.16. The molecule has 0 bridgehead atoms. The number of carbonyl (C=O) groups excluding carboxylic acids is 1. The van der Waals surface area contributed by atoms with Gasteiger partial charge in [0, 0.05) is 10.9 Å². The van der Waals surface area contributed by atoms with E-state index in [1.165, 1.54) is 5.48 Å². The maximum Gasteiger partial charge on any atom is 0.339 e. The van der Waals surface area contributed by atoms with E-state index < -0.39 is 11.5 Å². The first-order valence-corrected chi connectivity index (χ1v) is 4.65. The number of fused-ring (bicyclic) bond motifs is 1. The van der Waals surface area contributed by atoms with Gasteiger partial charge in [-0.25, -0.2) is 10.3 Å². The summed E-state index contributed by atoms with van der Waals surface area (Å²) in [5.41, 5.74) is 1.59. The van der Waals surface area contributed by atoms with Gasteiger partial charge in [-0.3, -0.25) is 10.0 Å². The summed E-state index contributed by atoms with van der Waals surface area (Å²) >= 11 is 0. The standard InChI is InChI=1S/C11H9NO4/c13-10(12-15)6-8-5-7-3-1-2-4-9(7)16-11(8)14/h1-5,15H,6H2,(H,12,13). The number of amides is 1. The minimum atomic E-state index is -0.650. The van der Waals surface area contributed by atoms with Gasteiger partial charge in [0.05, 0.1) is 6.42 Å². The molecule has 2 aromatic rings. The van der Waals surface area contributed by atoms with Crippen molar-refractivity contribution in [2.45, 2.75) is 6.42 Å². The predicted octanol–water partition coefficient (Wildman–Crippen LogP) is 0.841. The highest BCUT2D eigenvalue weighted by molar-refractivity contribution is 5.80. The Hall–Kier alpha value is -2.14. The molecule has 5 nitrogen and oxygen atoms in total. The van der Waals surface area contributed by atoms with E-state index in [0.717, 1.165) is 5.39 Å². The van der Waals surface area contributed by atoms with Crippen molar-refractivity contribution < 1.29 is 14.4 Å². The minimum Gasteiger partial charge on any atom is -0.423 e. The fraction of sp³-hybridized carbons (Fsp3) is 0.0909. The van der Waals surface area contributed by atoms with Crippen LogP contribution in [0, 0.1) is 0 Å². The van der Waals surface area contributed by atoms with Crippen LogP contribution in [0.4, 0.5) is 0 Å². The number of carbonyl (C=O) groups is 1. The Kier molecular flexibility index (Phi) is 2.70. The molecule has 0 unspecified atom stereocenters. The van der Waals surface area contributed by atoms with Gasteiger partial charge in [-0.2, -0.15) is 0 Å². The number of nitrogens with one attached hydrogen (secondary N) is 1. The Morgan fingerprint density at radius 3 is 2.88 bits per heavy atom. The third-order valence-corrected chi connectivity index (χ3v) is 2.19. The molecule has 0 spiro atoms. The van der Waals surface area contributed by atoms with Gasteiger partial charge < -0.3 is 4.42 Å². The molecule has 0 radical (unpaired) electrons. The van der Waals surface area contributed by atoms with Crippen LogP contribution in [0.3, 0.4) is 0 Å². The zero-order chi connectivity index (χ0) is 11.5. The van der Waals surface area contributed by atoms with Gasteiger partial charge in [0.15, 0.2) is 0 Å². The Balaban J connectivity index is 2.50. The van der Waals surface area contributed by atoms with Gasteiger partial charge in [0.1, 0.15) is 5.58 Å². The number of hydrogen-bond acceptors (Lipinski definition) is 4. The van der Waals surface area contributed by atoms with Crippen LogP contribution >= 0.6 is 0 Å². The molecule has 0 fully saturated rings. The minimum absolute atomic E-state index is 0.205. The fourth-order valence-corrected chi connectivity index (χ4v) is 1.44. The average molecular weight is 219 g/mol. The normalized spacial score (nSPS) is 10.3. The van der Waals surface area contributed by atoms with Gasteiger partial charge in [-0.1, -0.05) is 18.2 Å². The third-order valence-electron chi connectivity index (χ3n) is 2.19.